The van der Waals surface area contributed by atoms with Gasteiger partial charge in [-0.1, -0.05) is 18.2 Å². The highest BCUT2D eigenvalue weighted by Gasteiger charge is 2.32. The van der Waals surface area contributed by atoms with Gasteiger partial charge in [-0.05, 0) is 36.5 Å². The first-order valence-corrected chi connectivity index (χ1v) is 13.3. The third-order valence-corrected chi connectivity index (χ3v) is 6.37. The molecule has 4 amide bonds. The molecule has 0 aliphatic carbocycles. The molecule has 0 saturated heterocycles. The first kappa shape index (κ1) is 31.1. The second-order valence-corrected chi connectivity index (χ2v) is 9.73. The molecule has 212 valence electrons. The van der Waals surface area contributed by atoms with Gasteiger partial charge in [0.05, 0.1) is 18.9 Å². The number of para-hydroxylation sites is 1. The number of fused-ring (bicyclic) bond motifs is 1. The van der Waals surface area contributed by atoms with Gasteiger partial charge in [-0.25, -0.2) is 4.79 Å². The highest BCUT2D eigenvalue weighted by Crippen LogP contribution is 2.19. The van der Waals surface area contributed by atoms with Gasteiger partial charge in [0, 0.05) is 17.1 Å². The summed E-state index contributed by atoms with van der Waals surface area (Å²) in [6.45, 7) is 0. The Morgan fingerprint density at radius 3 is 2.15 bits per heavy atom. The quantitative estimate of drug-likeness (QED) is 0.119. The first-order valence-electron chi connectivity index (χ1n) is 11.9. The van der Waals surface area contributed by atoms with E-state index >= 15 is 0 Å². The minimum Gasteiger partial charge on any atom is -0.481 e. The number of nitrogens with two attached hydrogens (primary N) is 2. The first-order chi connectivity index (χ1) is 18.4. The molecule has 14 nitrogen and oxygen atoms in total. The van der Waals surface area contributed by atoms with Crippen molar-refractivity contribution in [2.24, 2.45) is 11.5 Å². The molecule has 15 heteroatoms. The summed E-state index contributed by atoms with van der Waals surface area (Å²) < 4.78 is 0. The average molecular weight is 565 g/mol. The molecule has 0 spiro atoms. The highest BCUT2D eigenvalue weighted by atomic mass is 32.2. The van der Waals surface area contributed by atoms with Gasteiger partial charge in [-0.15, -0.1) is 0 Å². The van der Waals surface area contributed by atoms with Gasteiger partial charge < -0.3 is 42.6 Å². The highest BCUT2D eigenvalue weighted by molar-refractivity contribution is 7.98. The lowest BCUT2D eigenvalue weighted by Gasteiger charge is -2.24. The molecule has 4 atom stereocenters. The number of aromatic amines is 1. The number of carboxylic acids is 2. The van der Waals surface area contributed by atoms with Crippen LogP contribution in [0.3, 0.4) is 0 Å². The second-order valence-electron chi connectivity index (χ2n) is 8.74. The molecule has 4 unspecified atom stereocenters. The summed E-state index contributed by atoms with van der Waals surface area (Å²) in [5, 5.41) is 25.8. The fraction of sp³-hybridized carbons (Fsp3) is 0.417. The Balaban J connectivity index is 2.13. The smallest absolute Gasteiger partial charge is 0.326 e. The Labute approximate surface area is 227 Å². The van der Waals surface area contributed by atoms with Gasteiger partial charge in [-0.2, -0.15) is 11.8 Å². The zero-order valence-corrected chi connectivity index (χ0v) is 22.0. The Hall–Kier alpha value is -4.11. The molecule has 0 saturated carbocycles. The molecule has 10 N–H and O–H groups in total. The van der Waals surface area contributed by atoms with Gasteiger partial charge in [0.1, 0.15) is 18.1 Å². The third kappa shape index (κ3) is 9.61. The predicted molar refractivity (Wildman–Crippen MR) is 142 cm³/mol. The van der Waals surface area contributed by atoms with Crippen molar-refractivity contribution in [1.29, 1.82) is 0 Å². The van der Waals surface area contributed by atoms with E-state index in [1.807, 2.05) is 29.6 Å². The number of aromatic nitrogens is 1. The van der Waals surface area contributed by atoms with Crippen molar-refractivity contribution in [1.82, 2.24) is 20.9 Å². The molecule has 1 aromatic carbocycles. The summed E-state index contributed by atoms with van der Waals surface area (Å²) in [6, 6.07) is 1.91. The number of thioether (sulfide) groups is 1. The molecule has 2 rings (SSSR count). The number of aliphatic carboxylic acids is 2. The summed E-state index contributed by atoms with van der Waals surface area (Å²) in [6.07, 6.45) is 2.24. The van der Waals surface area contributed by atoms with Crippen LogP contribution in [0.25, 0.3) is 10.9 Å². The van der Waals surface area contributed by atoms with E-state index in [0.717, 1.165) is 16.5 Å². The van der Waals surface area contributed by atoms with Crippen LogP contribution in [0.2, 0.25) is 0 Å². The van der Waals surface area contributed by atoms with Crippen LogP contribution in [0.4, 0.5) is 0 Å². The predicted octanol–water partition coefficient (Wildman–Crippen LogP) is -1.32. The van der Waals surface area contributed by atoms with Crippen LogP contribution in [0.1, 0.15) is 24.8 Å². The number of hydrogen-bond donors (Lipinski definition) is 8. The molecule has 0 aliphatic rings. The fourth-order valence-corrected chi connectivity index (χ4v) is 4.21. The van der Waals surface area contributed by atoms with Crippen LogP contribution in [0, 0.1) is 0 Å². The summed E-state index contributed by atoms with van der Waals surface area (Å²) in [5.74, 6) is -6.21. The average Bonchev–Trinajstić information content (AvgIpc) is 3.27. The summed E-state index contributed by atoms with van der Waals surface area (Å²) in [7, 11) is 0. The van der Waals surface area contributed by atoms with Crippen LogP contribution in [-0.2, 0) is 35.2 Å². The van der Waals surface area contributed by atoms with Crippen molar-refractivity contribution in [3.63, 3.8) is 0 Å². The summed E-state index contributed by atoms with van der Waals surface area (Å²) >= 11 is 1.40. The minimum atomic E-state index is -1.81. The number of carbonyl (C=O) groups excluding carboxylic acids is 4. The number of primary amides is 1. The Kier molecular flexibility index (Phi) is 11.7. The van der Waals surface area contributed by atoms with Gasteiger partial charge in [0.25, 0.3) is 0 Å². The molecule has 1 heterocycles. The van der Waals surface area contributed by atoms with Crippen LogP contribution >= 0.6 is 11.8 Å². The molecule has 0 fully saturated rings. The Morgan fingerprint density at radius 1 is 0.923 bits per heavy atom. The molecule has 1 aromatic heterocycles. The topological polar surface area (TPSA) is 247 Å². The van der Waals surface area contributed by atoms with Crippen molar-refractivity contribution >= 4 is 58.2 Å². The van der Waals surface area contributed by atoms with Crippen LogP contribution < -0.4 is 27.4 Å². The lowest BCUT2D eigenvalue weighted by molar-refractivity contribution is -0.147. The van der Waals surface area contributed by atoms with E-state index in [1.165, 1.54) is 11.8 Å². The lowest BCUT2D eigenvalue weighted by atomic mass is 10.0. The third-order valence-electron chi connectivity index (χ3n) is 5.73. The second kappa shape index (κ2) is 14.7. The van der Waals surface area contributed by atoms with Crippen molar-refractivity contribution in [2.75, 3.05) is 12.0 Å². The number of benzene rings is 1. The van der Waals surface area contributed by atoms with Gasteiger partial charge in [0.15, 0.2) is 0 Å². The molecule has 39 heavy (non-hydrogen) atoms. The normalized spacial score (nSPS) is 14.0. The van der Waals surface area contributed by atoms with E-state index in [2.05, 4.69) is 15.6 Å². The van der Waals surface area contributed by atoms with Crippen molar-refractivity contribution in [3.8, 4) is 0 Å². The number of carbonyl (C=O) groups is 6. The number of rotatable bonds is 16. The Bertz CT molecular complexity index is 1220. The maximum Gasteiger partial charge on any atom is 0.326 e. The van der Waals surface area contributed by atoms with Crippen LogP contribution in [0.15, 0.2) is 30.5 Å². The largest absolute Gasteiger partial charge is 0.481 e. The lowest BCUT2D eigenvalue weighted by Crippen LogP contribution is -2.58. The minimum absolute atomic E-state index is 0.153. The van der Waals surface area contributed by atoms with Gasteiger partial charge >= 0.3 is 11.9 Å². The maximum absolute atomic E-state index is 13.1. The van der Waals surface area contributed by atoms with Gasteiger partial charge in [0.2, 0.25) is 23.6 Å². The zero-order chi connectivity index (χ0) is 29.1. The Morgan fingerprint density at radius 2 is 1.54 bits per heavy atom. The number of H-pyrrole nitrogens is 1. The number of nitrogens with one attached hydrogen (secondary N) is 4. The van der Waals surface area contributed by atoms with E-state index in [0.29, 0.717) is 5.75 Å². The number of amides is 4. The van der Waals surface area contributed by atoms with E-state index in [1.54, 1.807) is 12.5 Å². The molecule has 0 bridgehead atoms. The monoisotopic (exact) mass is 564 g/mol. The SMILES string of the molecule is CSCCC(NC(=O)C(N)Cc1c[nH]c2ccccc12)C(=O)NC(CC(N)=O)C(=O)NC(CC(=O)O)C(=O)O. The fourth-order valence-electron chi connectivity index (χ4n) is 3.74. The standard InChI is InChI=1S/C24H32N6O8S/c1-39-7-6-16(28-21(34)14(25)8-12-11-27-15-5-3-2-4-13(12)15)22(35)29-17(9-19(26)31)23(36)30-18(24(37)38)10-20(32)33/h2-5,11,14,16-18,27H,6-10,25H2,1H3,(H2,26,31)(H,28,34)(H,29,35)(H,30,36)(H,32,33)(H,37,38). The molecular weight excluding hydrogens is 532 g/mol. The van der Waals surface area contributed by atoms with Crippen molar-refractivity contribution < 1.29 is 39.0 Å². The van der Waals surface area contributed by atoms with E-state index in [4.69, 9.17) is 16.6 Å². The molecule has 0 radical (unpaired) electrons. The summed E-state index contributed by atoms with van der Waals surface area (Å²) in [5.41, 5.74) is 13.0. The zero-order valence-electron chi connectivity index (χ0n) is 21.1. The van der Waals surface area contributed by atoms with Crippen molar-refractivity contribution in [2.45, 2.75) is 49.9 Å². The molecule has 2 aromatic rings. The van der Waals surface area contributed by atoms with Crippen LogP contribution in [0.5, 0.6) is 0 Å². The van der Waals surface area contributed by atoms with E-state index in [-0.39, 0.29) is 12.8 Å². The van der Waals surface area contributed by atoms with Crippen LogP contribution in [-0.4, -0.2) is 86.9 Å². The van der Waals surface area contributed by atoms with E-state index in [9.17, 15) is 33.9 Å². The summed E-state index contributed by atoms with van der Waals surface area (Å²) in [4.78, 5) is 75.5. The molecular formula is C24H32N6O8S. The number of hydrogen-bond acceptors (Lipinski definition) is 8. The molecule has 0 aliphatic heterocycles. The van der Waals surface area contributed by atoms with Crippen molar-refractivity contribution in [3.05, 3.63) is 36.0 Å². The van der Waals surface area contributed by atoms with Gasteiger partial charge in [-0.3, -0.25) is 24.0 Å². The van der Waals surface area contributed by atoms with E-state index < -0.39 is 72.6 Å². The number of carboxylic acid groups (broad SMARTS) is 2. The maximum atomic E-state index is 13.1.